The van der Waals surface area contributed by atoms with Crippen molar-refractivity contribution in [3.05, 3.63) is 41.4 Å². The van der Waals surface area contributed by atoms with Crippen LogP contribution in [0.25, 0.3) is 0 Å². The summed E-state index contributed by atoms with van der Waals surface area (Å²) in [6.45, 7) is 7.15. The van der Waals surface area contributed by atoms with E-state index in [9.17, 15) is 9.59 Å². The van der Waals surface area contributed by atoms with E-state index in [1.54, 1.807) is 24.0 Å². The molecule has 7 nitrogen and oxygen atoms in total. The molecular weight excluding hydrogens is 308 g/mol. The second-order valence-corrected chi connectivity index (χ2v) is 5.53. The van der Waals surface area contributed by atoms with Crippen LogP contribution in [-0.4, -0.2) is 39.9 Å². The molecule has 2 aromatic rings. The molecule has 2 aromatic heterocycles. The van der Waals surface area contributed by atoms with Crippen LogP contribution in [0.4, 0.5) is 5.82 Å². The van der Waals surface area contributed by atoms with E-state index in [0.717, 1.165) is 12.8 Å². The Labute approximate surface area is 141 Å². The van der Waals surface area contributed by atoms with Crippen molar-refractivity contribution in [3.8, 4) is 0 Å². The van der Waals surface area contributed by atoms with Gasteiger partial charge in [0.2, 0.25) is 0 Å². The number of nitrogens with zero attached hydrogens (tertiary/aromatic N) is 3. The molecule has 2 rings (SSSR count). The number of aromatic nitrogens is 2. The quantitative estimate of drug-likeness (QED) is 0.843. The molecule has 1 N–H and O–H groups in total. The van der Waals surface area contributed by atoms with Crippen molar-refractivity contribution in [1.29, 1.82) is 0 Å². The van der Waals surface area contributed by atoms with Gasteiger partial charge in [-0.2, -0.15) is 0 Å². The van der Waals surface area contributed by atoms with E-state index in [4.69, 9.17) is 4.52 Å². The molecule has 0 spiro atoms. The first-order valence-corrected chi connectivity index (χ1v) is 8.04. The van der Waals surface area contributed by atoms with Gasteiger partial charge >= 0.3 is 0 Å². The lowest BCUT2D eigenvalue weighted by Crippen LogP contribution is -2.32. The van der Waals surface area contributed by atoms with E-state index >= 15 is 0 Å². The van der Waals surface area contributed by atoms with Gasteiger partial charge in [-0.3, -0.25) is 14.6 Å². The number of aryl methyl sites for hydroxylation is 1. The first kappa shape index (κ1) is 17.7. The van der Waals surface area contributed by atoms with Gasteiger partial charge in [-0.05, 0) is 25.8 Å². The summed E-state index contributed by atoms with van der Waals surface area (Å²) in [5, 5.41) is 6.33. The van der Waals surface area contributed by atoms with E-state index in [1.165, 1.54) is 12.4 Å². The lowest BCUT2D eigenvalue weighted by atomic mass is 10.1. The molecule has 2 amide bonds. The molecule has 0 fully saturated rings. The third-order valence-electron chi connectivity index (χ3n) is 3.39. The summed E-state index contributed by atoms with van der Waals surface area (Å²) in [7, 11) is 0. The highest BCUT2D eigenvalue weighted by atomic mass is 16.5. The molecule has 0 aliphatic carbocycles. The van der Waals surface area contributed by atoms with Gasteiger partial charge in [0.15, 0.2) is 5.82 Å². The van der Waals surface area contributed by atoms with E-state index < -0.39 is 0 Å². The van der Waals surface area contributed by atoms with E-state index in [-0.39, 0.29) is 11.8 Å². The summed E-state index contributed by atoms with van der Waals surface area (Å²) < 4.78 is 4.91. The molecule has 7 heteroatoms. The molecule has 2 heterocycles. The summed E-state index contributed by atoms with van der Waals surface area (Å²) in [4.78, 5) is 30.7. The van der Waals surface area contributed by atoms with Crippen LogP contribution in [0, 0.1) is 6.92 Å². The normalized spacial score (nSPS) is 10.5. The van der Waals surface area contributed by atoms with E-state index in [0.29, 0.717) is 35.8 Å². The Morgan fingerprint density at radius 1 is 1.12 bits per heavy atom. The first-order chi connectivity index (χ1) is 11.5. The number of anilines is 1. The number of rotatable bonds is 7. The van der Waals surface area contributed by atoms with Crippen LogP contribution in [0.1, 0.15) is 53.2 Å². The predicted molar refractivity (Wildman–Crippen MR) is 89.9 cm³/mol. The smallest absolute Gasteiger partial charge is 0.258 e. The zero-order valence-corrected chi connectivity index (χ0v) is 14.2. The molecule has 0 saturated heterocycles. The Bertz CT molecular complexity index is 705. The molecule has 24 heavy (non-hydrogen) atoms. The van der Waals surface area contributed by atoms with Crippen LogP contribution in [0.15, 0.2) is 29.0 Å². The first-order valence-electron chi connectivity index (χ1n) is 8.04. The maximum atomic E-state index is 12.6. The van der Waals surface area contributed by atoms with Crippen molar-refractivity contribution in [2.75, 3.05) is 18.4 Å². The Kier molecular flexibility index (Phi) is 6.06. The second-order valence-electron chi connectivity index (χ2n) is 5.53. The lowest BCUT2D eigenvalue weighted by molar-refractivity contribution is 0.0755. The summed E-state index contributed by atoms with van der Waals surface area (Å²) in [5.41, 5.74) is 0.704. The zero-order valence-electron chi connectivity index (χ0n) is 14.2. The van der Waals surface area contributed by atoms with Crippen molar-refractivity contribution in [2.45, 2.75) is 33.6 Å². The van der Waals surface area contributed by atoms with Crippen LogP contribution < -0.4 is 5.32 Å². The van der Waals surface area contributed by atoms with Gasteiger partial charge in [0.25, 0.3) is 11.8 Å². The average Bonchev–Trinajstić information content (AvgIpc) is 2.99. The van der Waals surface area contributed by atoms with Gasteiger partial charge < -0.3 is 14.7 Å². The molecule has 0 atom stereocenters. The maximum Gasteiger partial charge on any atom is 0.258 e. The summed E-state index contributed by atoms with van der Waals surface area (Å²) >= 11 is 0. The Morgan fingerprint density at radius 2 is 1.79 bits per heavy atom. The van der Waals surface area contributed by atoms with Crippen molar-refractivity contribution in [2.24, 2.45) is 0 Å². The van der Waals surface area contributed by atoms with Gasteiger partial charge in [-0.15, -0.1) is 0 Å². The molecule has 0 aliphatic rings. The van der Waals surface area contributed by atoms with Crippen molar-refractivity contribution < 1.29 is 14.1 Å². The van der Waals surface area contributed by atoms with Crippen LogP contribution in [0.2, 0.25) is 0 Å². The van der Waals surface area contributed by atoms with Crippen molar-refractivity contribution >= 4 is 17.6 Å². The minimum atomic E-state index is -0.386. The molecule has 0 radical (unpaired) electrons. The average molecular weight is 330 g/mol. The number of carbonyl (C=O) groups excluding carboxylic acids is 2. The lowest BCUT2D eigenvalue weighted by Gasteiger charge is -2.21. The zero-order chi connectivity index (χ0) is 17.5. The van der Waals surface area contributed by atoms with E-state index in [1.807, 2.05) is 13.8 Å². The molecule has 0 aliphatic heterocycles. The fourth-order valence-corrected chi connectivity index (χ4v) is 2.33. The maximum absolute atomic E-state index is 12.6. The Balaban J connectivity index is 2.15. The van der Waals surface area contributed by atoms with Gasteiger partial charge in [-0.25, -0.2) is 0 Å². The topological polar surface area (TPSA) is 88.3 Å². The highest BCUT2D eigenvalue weighted by molar-refractivity contribution is 6.05. The van der Waals surface area contributed by atoms with Crippen molar-refractivity contribution in [3.63, 3.8) is 0 Å². The predicted octanol–water partition coefficient (Wildman–Crippen LogP) is 2.89. The summed E-state index contributed by atoms with van der Waals surface area (Å²) in [6.07, 6.45) is 4.66. The van der Waals surface area contributed by atoms with Crippen LogP contribution in [-0.2, 0) is 0 Å². The monoisotopic (exact) mass is 330 g/mol. The number of nitrogens with one attached hydrogen (secondary N) is 1. The molecular formula is C17H22N4O3. The fraction of sp³-hybridized carbons (Fsp3) is 0.412. The number of amides is 2. The Morgan fingerprint density at radius 3 is 2.38 bits per heavy atom. The van der Waals surface area contributed by atoms with Gasteiger partial charge in [-0.1, -0.05) is 19.0 Å². The second kappa shape index (κ2) is 8.24. The Hall–Kier alpha value is -2.70. The molecule has 0 aromatic carbocycles. The van der Waals surface area contributed by atoms with Crippen LogP contribution in [0.3, 0.4) is 0 Å². The third kappa shape index (κ3) is 4.41. The molecule has 0 unspecified atom stereocenters. The highest BCUT2D eigenvalue weighted by Gasteiger charge is 2.17. The number of hydrogen-bond acceptors (Lipinski definition) is 5. The minimum Gasteiger partial charge on any atom is -0.360 e. The van der Waals surface area contributed by atoms with Gasteiger partial charge in [0, 0.05) is 31.5 Å². The van der Waals surface area contributed by atoms with E-state index in [2.05, 4.69) is 15.5 Å². The van der Waals surface area contributed by atoms with Crippen molar-refractivity contribution in [1.82, 2.24) is 15.0 Å². The number of carbonyl (C=O) groups is 2. The largest absolute Gasteiger partial charge is 0.360 e. The van der Waals surface area contributed by atoms with Gasteiger partial charge in [0.05, 0.1) is 11.1 Å². The molecule has 128 valence electrons. The molecule has 0 saturated carbocycles. The van der Waals surface area contributed by atoms with Gasteiger partial charge in [0.1, 0.15) is 5.76 Å². The standard InChI is InChI=1S/C17H22N4O3/c1-4-6-21(7-5-2)17(23)14-9-13(10-18-11-14)16(22)19-15-8-12(3)24-20-15/h8-11H,4-7H2,1-3H3,(H,19,20,22). The number of hydrogen-bond donors (Lipinski definition) is 1. The highest BCUT2D eigenvalue weighted by Crippen LogP contribution is 2.12. The third-order valence-corrected chi connectivity index (χ3v) is 3.39. The number of pyridine rings is 1. The fourth-order valence-electron chi connectivity index (χ4n) is 2.33. The van der Waals surface area contributed by atoms with Crippen LogP contribution >= 0.6 is 0 Å². The minimum absolute atomic E-state index is 0.113. The van der Waals surface area contributed by atoms with Crippen LogP contribution in [0.5, 0.6) is 0 Å². The SMILES string of the molecule is CCCN(CCC)C(=O)c1cncc(C(=O)Nc2cc(C)on2)c1. The summed E-state index contributed by atoms with van der Waals surface area (Å²) in [6, 6.07) is 3.17. The summed E-state index contributed by atoms with van der Waals surface area (Å²) in [5.74, 6) is 0.427. The molecule has 0 bridgehead atoms.